The molecule has 1 N–H and O–H groups in total. The lowest BCUT2D eigenvalue weighted by atomic mass is 9.92. The van der Waals surface area contributed by atoms with Gasteiger partial charge >= 0.3 is 0 Å². The number of hydrogen-bond donors (Lipinski definition) is 1. The molecule has 2 atom stereocenters. The van der Waals surface area contributed by atoms with E-state index in [0.29, 0.717) is 13.0 Å². The van der Waals surface area contributed by atoms with Gasteiger partial charge in [-0.15, -0.1) is 0 Å². The number of fused-ring (bicyclic) bond motifs is 3. The molecule has 2 unspecified atom stereocenters. The monoisotopic (exact) mass is 204 g/mol. The van der Waals surface area contributed by atoms with E-state index >= 15 is 0 Å². The van der Waals surface area contributed by atoms with E-state index in [0.717, 1.165) is 12.1 Å². The first-order valence-corrected chi connectivity index (χ1v) is 5.21. The standard InChI is InChI=1S/C11H12N2O2/c14-7-5-10-12-11(15)8-3-1-2-4-9(8)13(10)6-7/h1-2,4,8,10H,3,5-6H2,(H,12,15). The lowest BCUT2D eigenvalue weighted by Crippen LogP contribution is -2.54. The van der Waals surface area contributed by atoms with Crippen LogP contribution in [0.3, 0.4) is 0 Å². The second-order valence-electron chi connectivity index (χ2n) is 4.20. The van der Waals surface area contributed by atoms with Crippen LogP contribution in [-0.2, 0) is 9.59 Å². The number of ketones is 1. The topological polar surface area (TPSA) is 49.4 Å². The Hall–Kier alpha value is -1.58. The molecule has 15 heavy (non-hydrogen) atoms. The minimum absolute atomic E-state index is 0.0570. The molecule has 0 aromatic carbocycles. The van der Waals surface area contributed by atoms with E-state index in [1.807, 2.05) is 23.1 Å². The Morgan fingerprint density at radius 3 is 3.13 bits per heavy atom. The highest BCUT2D eigenvalue weighted by atomic mass is 16.2. The summed E-state index contributed by atoms with van der Waals surface area (Å²) in [5, 5.41) is 2.90. The van der Waals surface area contributed by atoms with Gasteiger partial charge in [-0.2, -0.15) is 0 Å². The van der Waals surface area contributed by atoms with Gasteiger partial charge in [0.05, 0.1) is 12.5 Å². The van der Waals surface area contributed by atoms with Gasteiger partial charge in [0, 0.05) is 12.1 Å². The van der Waals surface area contributed by atoms with Crippen LogP contribution in [0.25, 0.3) is 0 Å². The maximum Gasteiger partial charge on any atom is 0.230 e. The summed E-state index contributed by atoms with van der Waals surface area (Å²) < 4.78 is 0. The van der Waals surface area contributed by atoms with E-state index in [2.05, 4.69) is 5.32 Å². The van der Waals surface area contributed by atoms with Gasteiger partial charge in [0.1, 0.15) is 6.17 Å². The zero-order valence-electron chi connectivity index (χ0n) is 8.27. The Balaban J connectivity index is 1.99. The van der Waals surface area contributed by atoms with Gasteiger partial charge in [-0.1, -0.05) is 12.2 Å². The minimum Gasteiger partial charge on any atom is -0.346 e. The van der Waals surface area contributed by atoms with Crippen molar-refractivity contribution in [1.29, 1.82) is 0 Å². The smallest absolute Gasteiger partial charge is 0.230 e. The summed E-state index contributed by atoms with van der Waals surface area (Å²) in [4.78, 5) is 25.1. The molecule has 2 aliphatic heterocycles. The first-order valence-electron chi connectivity index (χ1n) is 5.21. The second-order valence-corrected chi connectivity index (χ2v) is 4.20. The summed E-state index contributed by atoms with van der Waals surface area (Å²) in [6.45, 7) is 0.446. The molecule has 2 saturated heterocycles. The van der Waals surface area contributed by atoms with Crippen LogP contribution in [0, 0.1) is 5.92 Å². The summed E-state index contributed by atoms with van der Waals surface area (Å²) >= 11 is 0. The largest absolute Gasteiger partial charge is 0.346 e. The summed E-state index contributed by atoms with van der Waals surface area (Å²) in [5.41, 5.74) is 1.01. The zero-order chi connectivity index (χ0) is 10.4. The maximum absolute atomic E-state index is 11.8. The van der Waals surface area contributed by atoms with Crippen molar-refractivity contribution in [3.8, 4) is 0 Å². The normalized spacial score (nSPS) is 33.3. The van der Waals surface area contributed by atoms with Gasteiger partial charge in [0.15, 0.2) is 5.78 Å². The third-order valence-corrected chi connectivity index (χ3v) is 3.23. The van der Waals surface area contributed by atoms with Crippen LogP contribution in [0.1, 0.15) is 12.8 Å². The van der Waals surface area contributed by atoms with Gasteiger partial charge in [-0.25, -0.2) is 0 Å². The summed E-state index contributed by atoms with van der Waals surface area (Å²) in [6, 6.07) is 0. The third kappa shape index (κ3) is 1.21. The van der Waals surface area contributed by atoms with Crippen molar-refractivity contribution in [3.05, 3.63) is 23.9 Å². The van der Waals surface area contributed by atoms with E-state index in [1.165, 1.54) is 0 Å². The van der Waals surface area contributed by atoms with Crippen molar-refractivity contribution in [1.82, 2.24) is 10.2 Å². The average Bonchev–Trinajstić information content (AvgIpc) is 2.59. The maximum atomic E-state index is 11.8. The molecule has 3 rings (SSSR count). The molecule has 1 aliphatic carbocycles. The highest BCUT2D eigenvalue weighted by Crippen LogP contribution is 2.32. The van der Waals surface area contributed by atoms with Crippen LogP contribution < -0.4 is 5.32 Å². The van der Waals surface area contributed by atoms with Crippen LogP contribution in [0.5, 0.6) is 0 Å². The van der Waals surface area contributed by atoms with Crippen LogP contribution >= 0.6 is 0 Å². The highest BCUT2D eigenvalue weighted by Gasteiger charge is 2.42. The Bertz CT molecular complexity index is 397. The molecule has 78 valence electrons. The molecule has 0 spiro atoms. The van der Waals surface area contributed by atoms with E-state index in [4.69, 9.17) is 0 Å². The quantitative estimate of drug-likeness (QED) is 0.612. The van der Waals surface area contributed by atoms with Gasteiger partial charge in [-0.3, -0.25) is 9.59 Å². The molecule has 0 bridgehead atoms. The number of nitrogens with one attached hydrogen (secondary N) is 1. The Morgan fingerprint density at radius 1 is 1.40 bits per heavy atom. The van der Waals surface area contributed by atoms with Gasteiger partial charge in [-0.05, 0) is 12.5 Å². The molecule has 0 aromatic rings. The number of nitrogens with zero attached hydrogens (tertiary/aromatic N) is 1. The molecule has 2 heterocycles. The molecule has 1 amide bonds. The fourth-order valence-corrected chi connectivity index (χ4v) is 2.51. The summed E-state index contributed by atoms with van der Waals surface area (Å²) in [6.07, 6.45) is 7.00. The van der Waals surface area contributed by atoms with Crippen molar-refractivity contribution < 1.29 is 9.59 Å². The van der Waals surface area contributed by atoms with Gasteiger partial charge in [0.25, 0.3) is 0 Å². The van der Waals surface area contributed by atoms with Crippen molar-refractivity contribution in [2.24, 2.45) is 5.92 Å². The van der Waals surface area contributed by atoms with E-state index in [9.17, 15) is 9.59 Å². The van der Waals surface area contributed by atoms with Crippen molar-refractivity contribution in [2.45, 2.75) is 19.0 Å². The van der Waals surface area contributed by atoms with Crippen LogP contribution in [0.4, 0.5) is 0 Å². The Morgan fingerprint density at radius 2 is 2.27 bits per heavy atom. The molecule has 4 nitrogen and oxygen atoms in total. The first kappa shape index (κ1) is 8.71. The molecular weight excluding hydrogens is 192 g/mol. The second kappa shape index (κ2) is 2.95. The first-order chi connectivity index (χ1) is 7.25. The van der Waals surface area contributed by atoms with Gasteiger partial charge in [0.2, 0.25) is 5.91 Å². The number of carbonyl (C=O) groups excluding carboxylic acids is 2. The molecule has 0 radical (unpaired) electrons. The third-order valence-electron chi connectivity index (χ3n) is 3.23. The molecule has 2 fully saturated rings. The number of carbonyl (C=O) groups is 2. The molecule has 3 aliphatic rings. The van der Waals surface area contributed by atoms with E-state index < -0.39 is 0 Å². The Labute approximate surface area is 87.6 Å². The lowest BCUT2D eigenvalue weighted by Gasteiger charge is -2.39. The predicted octanol–water partition coefficient (Wildman–Crippen LogP) is 0.177. The number of hydrogen-bond acceptors (Lipinski definition) is 3. The lowest BCUT2D eigenvalue weighted by molar-refractivity contribution is -0.128. The van der Waals surface area contributed by atoms with E-state index in [1.54, 1.807) is 0 Å². The van der Waals surface area contributed by atoms with E-state index in [-0.39, 0.29) is 23.8 Å². The van der Waals surface area contributed by atoms with Crippen LogP contribution in [-0.4, -0.2) is 29.3 Å². The fraction of sp³-hybridized carbons (Fsp3) is 0.455. The SMILES string of the molecule is O=C1CC2NC(=O)C3CC=CC=C3N2C1. The number of Topliss-reactive ketones (excluding diaryl/α,β-unsaturated/α-hetero) is 1. The van der Waals surface area contributed by atoms with Crippen LogP contribution in [0.15, 0.2) is 23.9 Å². The number of rotatable bonds is 0. The van der Waals surface area contributed by atoms with Gasteiger partial charge < -0.3 is 10.2 Å². The van der Waals surface area contributed by atoms with Crippen molar-refractivity contribution >= 4 is 11.7 Å². The highest BCUT2D eigenvalue weighted by molar-refractivity contribution is 5.89. The van der Waals surface area contributed by atoms with Crippen molar-refractivity contribution in [2.75, 3.05) is 6.54 Å². The molecule has 0 aromatic heterocycles. The van der Waals surface area contributed by atoms with Crippen LogP contribution in [0.2, 0.25) is 0 Å². The zero-order valence-corrected chi connectivity index (χ0v) is 8.27. The fourth-order valence-electron chi connectivity index (χ4n) is 2.51. The predicted molar refractivity (Wildman–Crippen MR) is 53.6 cm³/mol. The summed E-state index contributed by atoms with van der Waals surface area (Å²) in [7, 11) is 0. The average molecular weight is 204 g/mol. The minimum atomic E-state index is -0.0981. The van der Waals surface area contributed by atoms with Crippen molar-refractivity contribution in [3.63, 3.8) is 0 Å². The Kier molecular flexibility index (Phi) is 1.71. The molecule has 0 saturated carbocycles. The summed E-state index contributed by atoms with van der Waals surface area (Å²) in [5.74, 6) is 0.176. The molecular formula is C11H12N2O2. The number of allylic oxidation sites excluding steroid dienone is 3. The number of amides is 1. The molecule has 4 heteroatoms.